The van der Waals surface area contributed by atoms with Gasteiger partial charge in [-0.1, -0.05) is 359 Å². The van der Waals surface area contributed by atoms with Gasteiger partial charge in [0.25, 0.3) is 7.82 Å². The second kappa shape index (κ2) is 64.2. The minimum Gasteiger partial charge on any atom is -0.756 e. The topological polar surface area (TPSA) is 108 Å². The number of phosphoric ester groups is 1. The van der Waals surface area contributed by atoms with Crippen molar-refractivity contribution in [2.24, 2.45) is 0 Å². The molecule has 0 aliphatic rings. The maximum absolute atomic E-state index is 13.0. The molecule has 0 aromatic rings. The van der Waals surface area contributed by atoms with Crippen LogP contribution in [0.2, 0.25) is 0 Å². The van der Waals surface area contributed by atoms with Crippen LogP contribution >= 0.6 is 7.82 Å². The zero-order valence-corrected chi connectivity index (χ0v) is 56.6. The molecular formula is C73H143N2O6P. The molecule has 9 heteroatoms. The summed E-state index contributed by atoms with van der Waals surface area (Å²) in [6.07, 6.45) is 85.8. The van der Waals surface area contributed by atoms with Gasteiger partial charge in [0.05, 0.1) is 39.9 Å². The van der Waals surface area contributed by atoms with E-state index in [2.05, 4.69) is 43.5 Å². The first-order valence-corrected chi connectivity index (χ1v) is 37.8. The van der Waals surface area contributed by atoms with E-state index < -0.39 is 26.6 Å². The molecule has 8 nitrogen and oxygen atoms in total. The summed E-state index contributed by atoms with van der Waals surface area (Å²) < 4.78 is 23.4. The van der Waals surface area contributed by atoms with E-state index in [-0.39, 0.29) is 12.5 Å². The molecule has 2 N–H and O–H groups in total. The number of phosphoric acid groups is 1. The molecule has 0 aliphatic heterocycles. The van der Waals surface area contributed by atoms with Crippen molar-refractivity contribution in [1.82, 2.24) is 5.32 Å². The number of nitrogens with zero attached hydrogens (tertiary/aromatic N) is 1. The molecule has 0 spiro atoms. The van der Waals surface area contributed by atoms with Gasteiger partial charge in [-0.15, -0.1) is 0 Å². The number of nitrogens with one attached hydrogen (secondary N) is 1. The van der Waals surface area contributed by atoms with E-state index in [0.29, 0.717) is 17.4 Å². The number of hydrogen-bond donors (Lipinski definition) is 2. The average Bonchev–Trinajstić information content (AvgIpc) is 3.47. The Kier molecular flexibility index (Phi) is 63.2. The fraction of sp³-hybridized carbons (Fsp3) is 0.904. The highest BCUT2D eigenvalue weighted by atomic mass is 31.2. The number of aliphatic hydroxyl groups is 1. The summed E-state index contributed by atoms with van der Waals surface area (Å²) in [6.45, 7) is 4.68. The molecular weight excluding hydrogens is 1030 g/mol. The average molecular weight is 1180 g/mol. The number of rotatable bonds is 68. The maximum atomic E-state index is 13.0. The van der Waals surface area contributed by atoms with Gasteiger partial charge in [0.1, 0.15) is 13.2 Å². The monoisotopic (exact) mass is 1180 g/mol. The van der Waals surface area contributed by atoms with E-state index in [4.69, 9.17) is 9.05 Å². The van der Waals surface area contributed by atoms with Crippen LogP contribution in [0.25, 0.3) is 0 Å². The normalized spacial score (nSPS) is 13.8. The molecule has 0 rings (SSSR count). The third kappa shape index (κ3) is 66.2. The zero-order valence-electron chi connectivity index (χ0n) is 55.7. The number of likely N-dealkylation sites (N-methyl/N-ethyl adjacent to an activating group) is 1. The Morgan fingerprint density at radius 1 is 0.415 bits per heavy atom. The summed E-state index contributed by atoms with van der Waals surface area (Å²) >= 11 is 0. The van der Waals surface area contributed by atoms with Gasteiger partial charge in [0, 0.05) is 6.42 Å². The molecule has 0 radical (unpaired) electrons. The van der Waals surface area contributed by atoms with Crippen LogP contribution < -0.4 is 10.2 Å². The number of carbonyl (C=O) groups excluding carboxylic acids is 1. The lowest BCUT2D eigenvalue weighted by atomic mass is 10.0. The van der Waals surface area contributed by atoms with Crippen LogP contribution in [0.3, 0.4) is 0 Å². The first-order chi connectivity index (χ1) is 40.0. The van der Waals surface area contributed by atoms with Gasteiger partial charge < -0.3 is 28.8 Å². The summed E-state index contributed by atoms with van der Waals surface area (Å²) in [7, 11) is 1.25. The Bertz CT molecular complexity index is 1430. The van der Waals surface area contributed by atoms with Gasteiger partial charge in [-0.2, -0.15) is 0 Å². The Morgan fingerprint density at radius 3 is 0.988 bits per heavy atom. The Morgan fingerprint density at radius 2 is 0.683 bits per heavy atom. The molecule has 0 aromatic carbocycles. The Hall–Kier alpha value is -1.28. The second-order valence-electron chi connectivity index (χ2n) is 26.3. The van der Waals surface area contributed by atoms with Crippen LogP contribution in [0.15, 0.2) is 36.5 Å². The number of allylic oxidation sites excluding steroid dienone is 5. The van der Waals surface area contributed by atoms with Crippen molar-refractivity contribution in [3.8, 4) is 0 Å². The van der Waals surface area contributed by atoms with Gasteiger partial charge in [-0.3, -0.25) is 9.36 Å². The van der Waals surface area contributed by atoms with Gasteiger partial charge in [-0.25, -0.2) is 0 Å². The second-order valence-corrected chi connectivity index (χ2v) is 27.7. The smallest absolute Gasteiger partial charge is 0.268 e. The van der Waals surface area contributed by atoms with E-state index in [9.17, 15) is 19.4 Å². The molecule has 0 aliphatic carbocycles. The molecule has 1 amide bonds. The van der Waals surface area contributed by atoms with Crippen LogP contribution in [0, 0.1) is 0 Å². The van der Waals surface area contributed by atoms with Crippen molar-refractivity contribution < 1.29 is 32.9 Å². The van der Waals surface area contributed by atoms with Crippen molar-refractivity contribution in [3.05, 3.63) is 36.5 Å². The predicted octanol–water partition coefficient (Wildman–Crippen LogP) is 22.6. The van der Waals surface area contributed by atoms with Gasteiger partial charge in [0.15, 0.2) is 0 Å². The van der Waals surface area contributed by atoms with E-state index in [1.54, 1.807) is 6.08 Å². The number of amides is 1. The molecule has 0 aromatic heterocycles. The summed E-state index contributed by atoms with van der Waals surface area (Å²) in [4.78, 5) is 25.6. The zero-order chi connectivity index (χ0) is 59.8. The number of carbonyl (C=O) groups is 1. The lowest BCUT2D eigenvalue weighted by Crippen LogP contribution is -2.45. The molecule has 0 fully saturated rings. The van der Waals surface area contributed by atoms with Crippen LogP contribution in [-0.2, 0) is 18.4 Å². The van der Waals surface area contributed by atoms with Crippen LogP contribution in [0.1, 0.15) is 373 Å². The Balaban J connectivity index is 3.99. The van der Waals surface area contributed by atoms with Crippen molar-refractivity contribution in [1.29, 1.82) is 0 Å². The van der Waals surface area contributed by atoms with Gasteiger partial charge in [0.2, 0.25) is 5.91 Å². The van der Waals surface area contributed by atoms with Gasteiger partial charge >= 0.3 is 0 Å². The molecule has 0 heterocycles. The van der Waals surface area contributed by atoms with Crippen molar-refractivity contribution >= 4 is 13.7 Å². The predicted molar refractivity (Wildman–Crippen MR) is 358 cm³/mol. The first kappa shape index (κ1) is 80.7. The number of quaternary nitrogens is 1. The minimum atomic E-state index is -4.61. The van der Waals surface area contributed by atoms with E-state index in [0.717, 1.165) is 44.9 Å². The summed E-state index contributed by atoms with van der Waals surface area (Å²) in [6, 6.07) is -0.909. The number of unbranched alkanes of at least 4 members (excludes halogenated alkanes) is 51. The third-order valence-corrected chi connectivity index (χ3v) is 17.8. The van der Waals surface area contributed by atoms with Crippen molar-refractivity contribution in [2.45, 2.75) is 386 Å². The van der Waals surface area contributed by atoms with E-state index in [1.807, 2.05) is 27.2 Å². The fourth-order valence-electron chi connectivity index (χ4n) is 11.2. The summed E-state index contributed by atoms with van der Waals surface area (Å²) in [5.41, 5.74) is 0. The molecule has 0 saturated carbocycles. The molecule has 0 saturated heterocycles. The lowest BCUT2D eigenvalue weighted by Gasteiger charge is -2.29. The van der Waals surface area contributed by atoms with Crippen LogP contribution in [-0.4, -0.2) is 68.5 Å². The number of hydrogen-bond acceptors (Lipinski definition) is 6. The number of aliphatic hydroxyl groups excluding tert-OH is 1. The van der Waals surface area contributed by atoms with Gasteiger partial charge in [-0.05, 0) is 44.9 Å². The van der Waals surface area contributed by atoms with Crippen LogP contribution in [0.5, 0.6) is 0 Å². The Labute approximate surface area is 512 Å². The standard InChI is InChI=1S/C73H143N2O6P/c1-6-8-10-12-14-16-18-20-22-24-26-28-30-31-32-33-34-35-36-37-38-39-40-41-42-43-45-47-49-51-53-55-57-59-61-63-65-67-73(77)74-71(70-81-82(78,79)80-69-68-75(3,4)5)72(76)66-64-62-60-58-56-54-52-50-48-46-44-29-27-25-23-21-19-17-15-13-11-9-7-2/h48,50,56,58,64,66,71-72,76H,6-47,49,51-55,57,59-63,65,67-70H2,1-5H3,(H-,74,77,78,79)/b50-48+,58-56+,66-64+. The lowest BCUT2D eigenvalue weighted by molar-refractivity contribution is -0.870. The SMILES string of the molecule is CCCCCCCCCCCCCCC/C=C/CC/C=C/CC/C=C/C(O)C(COP(=O)([O-])OCC[N+](C)(C)C)NC(=O)CCCCCCCCCCCCCCCCCCCCCCCCCCCCCCCCCCCCCCC. The van der Waals surface area contributed by atoms with E-state index >= 15 is 0 Å². The summed E-state index contributed by atoms with van der Waals surface area (Å²) in [5.74, 6) is -0.203. The highest BCUT2D eigenvalue weighted by Crippen LogP contribution is 2.38. The molecule has 3 unspecified atom stereocenters. The molecule has 3 atom stereocenters. The van der Waals surface area contributed by atoms with E-state index in [1.165, 1.54) is 308 Å². The van der Waals surface area contributed by atoms with Crippen molar-refractivity contribution in [3.63, 3.8) is 0 Å². The molecule has 0 bridgehead atoms. The summed E-state index contributed by atoms with van der Waals surface area (Å²) in [5, 5.41) is 13.9. The highest BCUT2D eigenvalue weighted by Gasteiger charge is 2.23. The quantitative estimate of drug-likeness (QED) is 0.0272. The fourth-order valence-corrected chi connectivity index (χ4v) is 11.9. The minimum absolute atomic E-state index is 0.00710. The molecule has 486 valence electrons. The largest absolute Gasteiger partial charge is 0.756 e. The first-order valence-electron chi connectivity index (χ1n) is 36.4. The maximum Gasteiger partial charge on any atom is 0.268 e. The van der Waals surface area contributed by atoms with Crippen molar-refractivity contribution in [2.75, 3.05) is 40.9 Å². The highest BCUT2D eigenvalue weighted by molar-refractivity contribution is 7.45. The van der Waals surface area contributed by atoms with Crippen LogP contribution in [0.4, 0.5) is 0 Å². The third-order valence-electron chi connectivity index (χ3n) is 16.8. The molecule has 82 heavy (non-hydrogen) atoms.